The van der Waals surface area contributed by atoms with Crippen molar-refractivity contribution in [3.8, 4) is 0 Å². The van der Waals surface area contributed by atoms with Gasteiger partial charge in [-0.15, -0.1) is 0 Å². The predicted molar refractivity (Wildman–Crippen MR) is 115 cm³/mol. The molecule has 0 aliphatic carbocycles. The third-order valence-corrected chi connectivity index (χ3v) is 5.34. The Morgan fingerprint density at radius 1 is 0.867 bits per heavy atom. The highest BCUT2D eigenvalue weighted by Crippen LogP contribution is 2.17. The molecule has 6 heteroatoms. The molecule has 1 N–H and O–H groups in total. The number of nitrogens with one attached hydrogen (secondary N) is 1. The Balaban J connectivity index is 1.44. The number of furan rings is 1. The number of carbonyl (C=O) groups is 2. The minimum atomic E-state index is -0.645. The molecule has 1 atom stereocenters. The van der Waals surface area contributed by atoms with Gasteiger partial charge in [0.05, 0.1) is 6.26 Å². The molecule has 0 saturated carbocycles. The van der Waals surface area contributed by atoms with Crippen molar-refractivity contribution in [2.75, 3.05) is 31.1 Å². The van der Waals surface area contributed by atoms with Crippen LogP contribution in [-0.2, 0) is 11.2 Å². The van der Waals surface area contributed by atoms with Crippen LogP contribution < -0.4 is 10.2 Å². The maximum atomic E-state index is 13.3. The van der Waals surface area contributed by atoms with Gasteiger partial charge >= 0.3 is 0 Å². The van der Waals surface area contributed by atoms with Crippen LogP contribution in [0.5, 0.6) is 0 Å². The number of benzene rings is 2. The molecule has 0 radical (unpaired) electrons. The number of hydrogen-bond acceptors (Lipinski definition) is 4. The van der Waals surface area contributed by atoms with Crippen LogP contribution in [0.25, 0.3) is 0 Å². The van der Waals surface area contributed by atoms with E-state index in [1.165, 1.54) is 6.26 Å². The van der Waals surface area contributed by atoms with Crippen molar-refractivity contribution in [3.63, 3.8) is 0 Å². The number of para-hydroxylation sites is 1. The smallest absolute Gasteiger partial charge is 0.287 e. The van der Waals surface area contributed by atoms with Gasteiger partial charge in [0.2, 0.25) is 5.91 Å². The first-order chi connectivity index (χ1) is 14.7. The molecular formula is C24H25N3O3. The normalized spacial score (nSPS) is 14.9. The summed E-state index contributed by atoms with van der Waals surface area (Å²) < 4.78 is 5.19. The fourth-order valence-corrected chi connectivity index (χ4v) is 3.73. The van der Waals surface area contributed by atoms with Crippen molar-refractivity contribution in [2.45, 2.75) is 12.5 Å². The Hall–Kier alpha value is -3.54. The van der Waals surface area contributed by atoms with Gasteiger partial charge in [-0.25, -0.2) is 0 Å². The van der Waals surface area contributed by atoms with Crippen molar-refractivity contribution in [1.29, 1.82) is 0 Å². The van der Waals surface area contributed by atoms with E-state index in [0.717, 1.165) is 24.3 Å². The largest absolute Gasteiger partial charge is 0.459 e. The second kappa shape index (κ2) is 9.31. The number of anilines is 1. The van der Waals surface area contributed by atoms with Gasteiger partial charge in [0.25, 0.3) is 5.91 Å². The van der Waals surface area contributed by atoms with Gasteiger partial charge in [-0.1, -0.05) is 48.5 Å². The summed E-state index contributed by atoms with van der Waals surface area (Å²) in [6, 6.07) is 22.5. The molecule has 1 aliphatic rings. The van der Waals surface area contributed by atoms with Gasteiger partial charge in [-0.2, -0.15) is 0 Å². The van der Waals surface area contributed by atoms with Crippen molar-refractivity contribution in [3.05, 3.63) is 90.4 Å². The van der Waals surface area contributed by atoms with E-state index in [2.05, 4.69) is 22.3 Å². The summed E-state index contributed by atoms with van der Waals surface area (Å²) in [6.07, 6.45) is 1.89. The zero-order valence-corrected chi connectivity index (χ0v) is 16.7. The molecule has 2 heterocycles. The maximum Gasteiger partial charge on any atom is 0.287 e. The number of amides is 2. The van der Waals surface area contributed by atoms with Crippen LogP contribution in [0, 0.1) is 0 Å². The minimum Gasteiger partial charge on any atom is -0.459 e. The SMILES string of the molecule is O=C(NC(Cc1ccccc1)C(=O)N1CCN(c2ccccc2)CC1)c1ccco1. The maximum absolute atomic E-state index is 13.3. The summed E-state index contributed by atoms with van der Waals surface area (Å²) >= 11 is 0. The molecule has 1 aliphatic heterocycles. The number of carbonyl (C=O) groups excluding carboxylic acids is 2. The van der Waals surface area contributed by atoms with E-state index >= 15 is 0 Å². The third kappa shape index (κ3) is 4.71. The van der Waals surface area contributed by atoms with Crippen LogP contribution in [0.15, 0.2) is 83.5 Å². The fraction of sp³-hybridized carbons (Fsp3) is 0.250. The van der Waals surface area contributed by atoms with Crippen molar-refractivity contribution in [2.24, 2.45) is 0 Å². The molecule has 1 unspecified atom stereocenters. The molecule has 4 rings (SSSR count). The van der Waals surface area contributed by atoms with Crippen LogP contribution >= 0.6 is 0 Å². The lowest BCUT2D eigenvalue weighted by Crippen LogP contribution is -2.55. The van der Waals surface area contributed by atoms with Gasteiger partial charge < -0.3 is 19.5 Å². The average molecular weight is 403 g/mol. The van der Waals surface area contributed by atoms with Crippen LogP contribution in [0.3, 0.4) is 0 Å². The lowest BCUT2D eigenvalue weighted by molar-refractivity contribution is -0.133. The van der Waals surface area contributed by atoms with Crippen LogP contribution in [0.4, 0.5) is 5.69 Å². The highest BCUT2D eigenvalue weighted by atomic mass is 16.3. The number of hydrogen-bond donors (Lipinski definition) is 1. The Morgan fingerprint density at radius 2 is 1.53 bits per heavy atom. The first-order valence-electron chi connectivity index (χ1n) is 10.2. The lowest BCUT2D eigenvalue weighted by Gasteiger charge is -2.37. The highest BCUT2D eigenvalue weighted by molar-refractivity contribution is 5.95. The van der Waals surface area contributed by atoms with Crippen LogP contribution in [0.2, 0.25) is 0 Å². The lowest BCUT2D eigenvalue weighted by atomic mass is 10.0. The Kier molecular flexibility index (Phi) is 6.13. The molecular weight excluding hydrogens is 378 g/mol. The topological polar surface area (TPSA) is 65.8 Å². The van der Waals surface area contributed by atoms with E-state index < -0.39 is 6.04 Å². The Labute approximate surface area is 176 Å². The molecule has 3 aromatic rings. The molecule has 1 fully saturated rings. The van der Waals surface area contributed by atoms with E-state index in [9.17, 15) is 9.59 Å². The van der Waals surface area contributed by atoms with E-state index in [1.54, 1.807) is 12.1 Å². The number of piperazine rings is 1. The molecule has 6 nitrogen and oxygen atoms in total. The van der Waals surface area contributed by atoms with Gasteiger partial charge in [-0.3, -0.25) is 9.59 Å². The second-order valence-corrected chi connectivity index (χ2v) is 7.34. The van der Waals surface area contributed by atoms with E-state index in [4.69, 9.17) is 4.42 Å². The number of nitrogens with zero attached hydrogens (tertiary/aromatic N) is 2. The second-order valence-electron chi connectivity index (χ2n) is 7.34. The summed E-state index contributed by atoms with van der Waals surface area (Å²) in [6.45, 7) is 2.77. The van der Waals surface area contributed by atoms with Gasteiger partial charge in [-0.05, 0) is 29.8 Å². The van der Waals surface area contributed by atoms with E-state index in [1.807, 2.05) is 53.4 Å². The van der Waals surface area contributed by atoms with Crippen LogP contribution in [-0.4, -0.2) is 48.9 Å². The van der Waals surface area contributed by atoms with Gasteiger partial charge in [0.1, 0.15) is 6.04 Å². The first-order valence-corrected chi connectivity index (χ1v) is 10.2. The fourth-order valence-electron chi connectivity index (χ4n) is 3.73. The monoisotopic (exact) mass is 403 g/mol. The zero-order chi connectivity index (χ0) is 20.8. The molecule has 0 bridgehead atoms. The molecule has 1 aromatic heterocycles. The molecule has 2 aromatic carbocycles. The molecule has 1 saturated heterocycles. The predicted octanol–water partition coefficient (Wildman–Crippen LogP) is 2.97. The molecule has 2 amide bonds. The summed E-state index contributed by atoms with van der Waals surface area (Å²) in [4.78, 5) is 30.0. The van der Waals surface area contributed by atoms with Crippen LogP contribution in [0.1, 0.15) is 16.1 Å². The first kappa shape index (κ1) is 19.8. The third-order valence-electron chi connectivity index (χ3n) is 5.34. The highest BCUT2D eigenvalue weighted by Gasteiger charge is 2.29. The summed E-state index contributed by atoms with van der Waals surface area (Å²) in [7, 11) is 0. The summed E-state index contributed by atoms with van der Waals surface area (Å²) in [5.41, 5.74) is 2.16. The minimum absolute atomic E-state index is 0.0635. The van der Waals surface area contributed by atoms with Gasteiger partial charge in [0.15, 0.2) is 5.76 Å². The Morgan fingerprint density at radius 3 is 2.17 bits per heavy atom. The number of rotatable bonds is 6. The Bertz CT molecular complexity index is 950. The van der Waals surface area contributed by atoms with Crippen molar-refractivity contribution >= 4 is 17.5 Å². The quantitative estimate of drug-likeness (QED) is 0.687. The zero-order valence-electron chi connectivity index (χ0n) is 16.7. The van der Waals surface area contributed by atoms with Gasteiger partial charge in [0, 0.05) is 38.3 Å². The molecule has 0 spiro atoms. The standard InChI is InChI=1S/C24H25N3O3/c28-23(22-12-7-17-30-22)25-21(18-19-8-3-1-4-9-19)24(29)27-15-13-26(14-16-27)20-10-5-2-6-11-20/h1-12,17,21H,13-16,18H2,(H,25,28). The van der Waals surface area contributed by atoms with Crippen molar-refractivity contribution in [1.82, 2.24) is 10.2 Å². The summed E-state index contributed by atoms with van der Waals surface area (Å²) in [5, 5.41) is 2.87. The summed E-state index contributed by atoms with van der Waals surface area (Å²) in [5.74, 6) is -0.238. The van der Waals surface area contributed by atoms with E-state index in [0.29, 0.717) is 19.5 Å². The van der Waals surface area contributed by atoms with Crippen molar-refractivity contribution < 1.29 is 14.0 Å². The molecule has 154 valence electrons. The van der Waals surface area contributed by atoms with E-state index in [-0.39, 0.29) is 17.6 Å². The molecule has 30 heavy (non-hydrogen) atoms. The average Bonchev–Trinajstić information content (AvgIpc) is 3.35.